The number of aryl methyl sites for hydroxylation is 2. The number of nitrogens with zero attached hydrogens (tertiary/aromatic N) is 4. The van der Waals surface area contributed by atoms with Gasteiger partial charge in [0.05, 0.1) is 6.54 Å². The maximum Gasteiger partial charge on any atom is 0.204 e. The molecule has 1 heterocycles. The number of tetrazole rings is 1. The van der Waals surface area contributed by atoms with Gasteiger partial charge in [-0.15, -0.1) is 10.2 Å². The van der Waals surface area contributed by atoms with Crippen molar-refractivity contribution in [3.63, 3.8) is 0 Å². The normalized spacial score (nSPS) is 10.7. The summed E-state index contributed by atoms with van der Waals surface area (Å²) >= 11 is 0. The smallest absolute Gasteiger partial charge is 0.159 e. The van der Waals surface area contributed by atoms with E-state index in [4.69, 9.17) is 0 Å². The van der Waals surface area contributed by atoms with E-state index in [9.17, 15) is 0 Å². The minimum Gasteiger partial charge on any atom is -0.159 e. The summed E-state index contributed by atoms with van der Waals surface area (Å²) in [7, 11) is 0. The van der Waals surface area contributed by atoms with Crippen molar-refractivity contribution < 1.29 is 0 Å². The van der Waals surface area contributed by atoms with Crippen LogP contribution in [0.4, 0.5) is 0 Å². The molecule has 3 rings (SSSR count). The summed E-state index contributed by atoms with van der Waals surface area (Å²) in [4.78, 5) is 1.64. The lowest BCUT2D eigenvalue weighted by atomic mass is 10.1. The highest BCUT2D eigenvalue weighted by atomic mass is 15.6. The monoisotopic (exact) mass is 264 g/mol. The summed E-state index contributed by atoms with van der Waals surface area (Å²) in [6.07, 6.45) is 0. The number of rotatable bonds is 3. The minimum absolute atomic E-state index is 0.641. The molecule has 0 spiro atoms. The highest BCUT2D eigenvalue weighted by molar-refractivity contribution is 5.52. The van der Waals surface area contributed by atoms with Crippen LogP contribution in [0.3, 0.4) is 0 Å². The van der Waals surface area contributed by atoms with Crippen molar-refractivity contribution in [2.75, 3.05) is 0 Å². The summed E-state index contributed by atoms with van der Waals surface area (Å²) < 4.78 is 0. The molecule has 0 bridgehead atoms. The Labute approximate surface area is 118 Å². The zero-order chi connectivity index (χ0) is 13.9. The molecular weight excluding hydrogens is 248 g/mol. The summed E-state index contributed by atoms with van der Waals surface area (Å²) in [6, 6.07) is 16.4. The van der Waals surface area contributed by atoms with E-state index in [0.29, 0.717) is 12.4 Å². The molecule has 0 aliphatic rings. The van der Waals surface area contributed by atoms with Gasteiger partial charge in [0.2, 0.25) is 5.82 Å². The van der Waals surface area contributed by atoms with Crippen molar-refractivity contribution in [2.24, 2.45) is 0 Å². The summed E-state index contributed by atoms with van der Waals surface area (Å²) in [6.45, 7) is 4.84. The van der Waals surface area contributed by atoms with E-state index in [0.717, 1.165) is 5.56 Å². The average molecular weight is 264 g/mol. The van der Waals surface area contributed by atoms with Crippen molar-refractivity contribution in [1.82, 2.24) is 20.2 Å². The Morgan fingerprint density at radius 3 is 2.35 bits per heavy atom. The first-order valence-corrected chi connectivity index (χ1v) is 6.61. The lowest BCUT2D eigenvalue weighted by Crippen LogP contribution is -2.04. The van der Waals surface area contributed by atoms with Gasteiger partial charge >= 0.3 is 0 Å². The van der Waals surface area contributed by atoms with E-state index in [1.165, 1.54) is 16.7 Å². The Morgan fingerprint density at radius 1 is 0.950 bits per heavy atom. The van der Waals surface area contributed by atoms with E-state index in [1.807, 2.05) is 30.3 Å². The Morgan fingerprint density at radius 2 is 1.65 bits per heavy atom. The zero-order valence-corrected chi connectivity index (χ0v) is 11.6. The maximum atomic E-state index is 4.43. The molecule has 0 aliphatic heterocycles. The Balaban J connectivity index is 1.84. The molecule has 4 nitrogen and oxygen atoms in total. The summed E-state index contributed by atoms with van der Waals surface area (Å²) in [5.41, 5.74) is 4.69. The van der Waals surface area contributed by atoms with Gasteiger partial charge in [-0.2, -0.15) is 4.80 Å². The van der Waals surface area contributed by atoms with Gasteiger partial charge in [-0.25, -0.2) is 0 Å². The van der Waals surface area contributed by atoms with Crippen molar-refractivity contribution in [1.29, 1.82) is 0 Å². The molecule has 0 aliphatic carbocycles. The van der Waals surface area contributed by atoms with Crippen molar-refractivity contribution in [3.05, 3.63) is 65.2 Å². The summed E-state index contributed by atoms with van der Waals surface area (Å²) in [5.74, 6) is 0.662. The molecular formula is C16H16N4. The van der Waals surface area contributed by atoms with Crippen molar-refractivity contribution in [3.8, 4) is 11.4 Å². The third-order valence-electron chi connectivity index (χ3n) is 3.09. The van der Waals surface area contributed by atoms with Crippen LogP contribution in [0.25, 0.3) is 11.4 Å². The molecule has 20 heavy (non-hydrogen) atoms. The van der Waals surface area contributed by atoms with Gasteiger partial charge in [0.25, 0.3) is 0 Å². The van der Waals surface area contributed by atoms with Gasteiger partial charge in [-0.1, -0.05) is 59.7 Å². The first-order valence-electron chi connectivity index (χ1n) is 6.61. The van der Waals surface area contributed by atoms with Crippen molar-refractivity contribution >= 4 is 0 Å². The predicted molar refractivity (Wildman–Crippen MR) is 78.3 cm³/mol. The fraction of sp³-hybridized carbons (Fsp3) is 0.188. The molecule has 0 radical (unpaired) electrons. The lowest BCUT2D eigenvalue weighted by molar-refractivity contribution is 0.572. The van der Waals surface area contributed by atoms with Crippen LogP contribution < -0.4 is 0 Å². The molecule has 3 aromatic rings. The topological polar surface area (TPSA) is 43.6 Å². The van der Waals surface area contributed by atoms with Crippen LogP contribution in [0.5, 0.6) is 0 Å². The average Bonchev–Trinajstić information content (AvgIpc) is 2.87. The fourth-order valence-corrected chi connectivity index (χ4v) is 2.34. The molecule has 0 amide bonds. The fourth-order valence-electron chi connectivity index (χ4n) is 2.34. The zero-order valence-electron chi connectivity index (χ0n) is 11.6. The molecule has 0 unspecified atom stereocenters. The second kappa shape index (κ2) is 5.25. The molecule has 100 valence electrons. The largest absolute Gasteiger partial charge is 0.204 e. The lowest BCUT2D eigenvalue weighted by Gasteiger charge is -2.03. The molecule has 0 fully saturated rings. The van der Waals surface area contributed by atoms with E-state index >= 15 is 0 Å². The highest BCUT2D eigenvalue weighted by Crippen LogP contribution is 2.13. The third-order valence-corrected chi connectivity index (χ3v) is 3.09. The first kappa shape index (κ1) is 12.5. The van der Waals surface area contributed by atoms with Gasteiger partial charge in [0.1, 0.15) is 0 Å². The number of benzene rings is 2. The minimum atomic E-state index is 0.641. The Bertz CT molecular complexity index is 696. The Kier molecular flexibility index (Phi) is 3.29. The third kappa shape index (κ3) is 2.74. The second-order valence-corrected chi connectivity index (χ2v) is 5.01. The van der Waals surface area contributed by atoms with Crippen LogP contribution in [-0.4, -0.2) is 20.2 Å². The quantitative estimate of drug-likeness (QED) is 0.730. The standard InChI is InChI=1S/C16H16N4/c1-12-8-13(2)10-14(9-12)11-20-18-16(17-19-20)15-6-4-3-5-7-15/h3-10H,11H2,1-2H3. The van der Waals surface area contributed by atoms with Crippen molar-refractivity contribution in [2.45, 2.75) is 20.4 Å². The number of aromatic nitrogens is 4. The van der Waals surface area contributed by atoms with Gasteiger partial charge < -0.3 is 0 Å². The summed E-state index contributed by atoms with van der Waals surface area (Å²) in [5, 5.41) is 12.7. The first-order chi connectivity index (χ1) is 9.70. The van der Waals surface area contributed by atoms with E-state index in [1.54, 1.807) is 4.80 Å². The molecule has 1 aromatic heterocycles. The molecule has 4 heteroatoms. The van der Waals surface area contributed by atoms with E-state index in [2.05, 4.69) is 47.5 Å². The van der Waals surface area contributed by atoms with E-state index in [-0.39, 0.29) is 0 Å². The highest BCUT2D eigenvalue weighted by Gasteiger charge is 2.06. The van der Waals surface area contributed by atoms with Gasteiger partial charge in [-0.05, 0) is 24.6 Å². The predicted octanol–water partition coefficient (Wildman–Crippen LogP) is 3.01. The molecule has 0 saturated heterocycles. The number of hydrogen-bond acceptors (Lipinski definition) is 3. The molecule has 0 atom stereocenters. The van der Waals surface area contributed by atoms with Crippen LogP contribution in [0.1, 0.15) is 16.7 Å². The van der Waals surface area contributed by atoms with Crippen LogP contribution in [0, 0.1) is 13.8 Å². The van der Waals surface area contributed by atoms with E-state index < -0.39 is 0 Å². The SMILES string of the molecule is Cc1cc(C)cc(Cn2nnc(-c3ccccc3)n2)c1. The van der Waals surface area contributed by atoms with Crippen LogP contribution >= 0.6 is 0 Å². The maximum absolute atomic E-state index is 4.43. The van der Waals surface area contributed by atoms with Gasteiger partial charge in [0, 0.05) is 5.56 Å². The number of hydrogen-bond donors (Lipinski definition) is 0. The molecule has 0 N–H and O–H groups in total. The van der Waals surface area contributed by atoms with Crippen LogP contribution in [0.15, 0.2) is 48.5 Å². The van der Waals surface area contributed by atoms with Crippen LogP contribution in [0.2, 0.25) is 0 Å². The van der Waals surface area contributed by atoms with Crippen LogP contribution in [-0.2, 0) is 6.54 Å². The van der Waals surface area contributed by atoms with Gasteiger partial charge in [-0.3, -0.25) is 0 Å². The molecule has 2 aromatic carbocycles. The van der Waals surface area contributed by atoms with Gasteiger partial charge in [0.15, 0.2) is 0 Å². The second-order valence-electron chi connectivity index (χ2n) is 5.01. The molecule has 0 saturated carbocycles. The Hall–Kier alpha value is -2.49.